The van der Waals surface area contributed by atoms with Gasteiger partial charge in [0.2, 0.25) is 0 Å². The van der Waals surface area contributed by atoms with Crippen LogP contribution >= 0.6 is 23.7 Å². The molecule has 0 spiro atoms. The number of halogens is 3. The van der Waals surface area contributed by atoms with E-state index in [0.29, 0.717) is 13.1 Å². The summed E-state index contributed by atoms with van der Waals surface area (Å²) in [7, 11) is 1.88. The number of nitrogens with zero attached hydrogens (tertiary/aromatic N) is 2. The predicted octanol–water partition coefficient (Wildman–Crippen LogP) is 3.33. The van der Waals surface area contributed by atoms with E-state index >= 15 is 0 Å². The van der Waals surface area contributed by atoms with E-state index in [9.17, 15) is 13.6 Å². The summed E-state index contributed by atoms with van der Waals surface area (Å²) in [5.74, 6) is -1.54. The van der Waals surface area contributed by atoms with Gasteiger partial charge >= 0.3 is 0 Å². The highest BCUT2D eigenvalue weighted by atomic mass is 35.5. The molecule has 1 aromatic heterocycles. The molecule has 130 valence electrons. The Hall–Kier alpha value is -1.57. The molecule has 1 atom stereocenters. The van der Waals surface area contributed by atoms with Gasteiger partial charge in [-0.15, -0.1) is 23.7 Å². The number of piperidine rings is 1. The number of hydrogen-bond acceptors (Lipinski definition) is 4. The van der Waals surface area contributed by atoms with Crippen molar-refractivity contribution in [2.45, 2.75) is 18.9 Å². The van der Waals surface area contributed by atoms with E-state index in [-0.39, 0.29) is 40.6 Å². The van der Waals surface area contributed by atoms with E-state index in [4.69, 9.17) is 0 Å². The van der Waals surface area contributed by atoms with Crippen LogP contribution in [0.25, 0.3) is 10.6 Å². The van der Waals surface area contributed by atoms with Crippen LogP contribution in [0.5, 0.6) is 0 Å². The highest BCUT2D eigenvalue weighted by Gasteiger charge is 2.26. The molecule has 3 rings (SSSR count). The first-order valence-electron chi connectivity index (χ1n) is 7.46. The lowest BCUT2D eigenvalue weighted by Gasteiger charge is -2.32. The lowest BCUT2D eigenvalue weighted by molar-refractivity contribution is 0.0693. The number of likely N-dealkylation sites (N-methyl/N-ethyl adjacent to an activating group) is 1. The second kappa shape index (κ2) is 8.00. The van der Waals surface area contributed by atoms with Crippen molar-refractivity contribution in [1.82, 2.24) is 15.2 Å². The van der Waals surface area contributed by atoms with Gasteiger partial charge in [-0.05, 0) is 32.0 Å². The Morgan fingerprint density at radius 1 is 1.38 bits per heavy atom. The van der Waals surface area contributed by atoms with Crippen molar-refractivity contribution < 1.29 is 13.6 Å². The van der Waals surface area contributed by atoms with E-state index in [2.05, 4.69) is 10.3 Å². The van der Waals surface area contributed by atoms with Crippen LogP contribution in [0.3, 0.4) is 0 Å². The third-order valence-electron chi connectivity index (χ3n) is 4.02. The lowest BCUT2D eigenvalue weighted by atomic mass is 10.1. The normalized spacial score (nSPS) is 17.5. The van der Waals surface area contributed by atoms with Gasteiger partial charge in [-0.25, -0.2) is 13.8 Å². The predicted molar refractivity (Wildman–Crippen MR) is 92.7 cm³/mol. The molecule has 1 N–H and O–H groups in total. The number of rotatable bonds is 3. The van der Waals surface area contributed by atoms with Gasteiger partial charge < -0.3 is 10.2 Å². The Labute approximate surface area is 149 Å². The molecule has 1 fully saturated rings. The van der Waals surface area contributed by atoms with E-state index < -0.39 is 11.6 Å². The number of thiazole rings is 1. The Bertz CT molecular complexity index is 705. The Morgan fingerprint density at radius 3 is 2.75 bits per heavy atom. The van der Waals surface area contributed by atoms with Crippen LogP contribution in [-0.4, -0.2) is 42.0 Å². The van der Waals surface area contributed by atoms with Crippen LogP contribution in [0.1, 0.15) is 23.3 Å². The van der Waals surface area contributed by atoms with Crippen LogP contribution in [0.4, 0.5) is 8.78 Å². The number of carbonyl (C=O) groups is 1. The molecule has 1 aromatic carbocycles. The van der Waals surface area contributed by atoms with Crippen molar-refractivity contribution in [3.63, 3.8) is 0 Å². The second-order valence-corrected chi connectivity index (χ2v) is 6.37. The van der Waals surface area contributed by atoms with Crippen molar-refractivity contribution in [3.8, 4) is 10.6 Å². The largest absolute Gasteiger partial charge is 0.336 e. The number of amides is 1. The van der Waals surface area contributed by atoms with Crippen LogP contribution in [0.2, 0.25) is 0 Å². The van der Waals surface area contributed by atoms with Gasteiger partial charge in [-0.3, -0.25) is 4.79 Å². The Kier molecular flexibility index (Phi) is 6.26. The maximum absolute atomic E-state index is 13.8. The zero-order valence-corrected chi connectivity index (χ0v) is 14.7. The summed E-state index contributed by atoms with van der Waals surface area (Å²) in [5.41, 5.74) is 0.0627. The smallest absolute Gasteiger partial charge is 0.273 e. The first-order valence-corrected chi connectivity index (χ1v) is 8.34. The van der Waals surface area contributed by atoms with Crippen LogP contribution in [-0.2, 0) is 0 Å². The van der Waals surface area contributed by atoms with Crippen LogP contribution in [0.15, 0.2) is 23.6 Å². The summed E-state index contributed by atoms with van der Waals surface area (Å²) in [4.78, 5) is 18.4. The highest BCUT2D eigenvalue weighted by molar-refractivity contribution is 7.13. The monoisotopic (exact) mass is 373 g/mol. The van der Waals surface area contributed by atoms with Crippen molar-refractivity contribution in [2.24, 2.45) is 0 Å². The number of likely N-dealkylation sites (tertiary alicyclic amines) is 1. The molecule has 0 radical (unpaired) electrons. The molecule has 2 heterocycles. The van der Waals surface area contributed by atoms with Crippen LogP contribution < -0.4 is 5.32 Å². The second-order valence-electron chi connectivity index (χ2n) is 5.51. The summed E-state index contributed by atoms with van der Waals surface area (Å²) in [5, 5.41) is 4.92. The maximum atomic E-state index is 13.8. The molecule has 1 unspecified atom stereocenters. The van der Waals surface area contributed by atoms with E-state index in [1.54, 1.807) is 10.3 Å². The van der Waals surface area contributed by atoms with Crippen LogP contribution in [0, 0.1) is 11.6 Å². The van der Waals surface area contributed by atoms with Gasteiger partial charge in [0.25, 0.3) is 5.91 Å². The minimum absolute atomic E-state index is 0. The first-order chi connectivity index (χ1) is 11.1. The van der Waals surface area contributed by atoms with Crippen molar-refractivity contribution in [3.05, 3.63) is 40.9 Å². The average molecular weight is 374 g/mol. The first kappa shape index (κ1) is 18.8. The Balaban J connectivity index is 0.00000208. The summed E-state index contributed by atoms with van der Waals surface area (Å²) >= 11 is 1.08. The number of carbonyl (C=O) groups excluding carboxylic acids is 1. The molecule has 2 aromatic rings. The molecule has 4 nitrogen and oxygen atoms in total. The number of benzene rings is 1. The molecule has 1 aliphatic heterocycles. The topological polar surface area (TPSA) is 45.2 Å². The van der Waals surface area contributed by atoms with Crippen molar-refractivity contribution in [2.75, 3.05) is 20.1 Å². The van der Waals surface area contributed by atoms with E-state index in [1.807, 2.05) is 7.05 Å². The van der Waals surface area contributed by atoms with Gasteiger partial charge in [-0.2, -0.15) is 0 Å². The fourth-order valence-corrected chi connectivity index (χ4v) is 3.59. The molecule has 0 saturated carbocycles. The van der Waals surface area contributed by atoms with Crippen molar-refractivity contribution in [1.29, 1.82) is 0 Å². The molecule has 0 aliphatic carbocycles. The minimum atomic E-state index is -0.674. The SMILES string of the molecule is CNC1CCCN(C(=O)c2csc(-c3c(F)cccc3F)n2)C1.Cl. The number of aromatic nitrogens is 1. The zero-order valence-electron chi connectivity index (χ0n) is 13.1. The van der Waals surface area contributed by atoms with Crippen molar-refractivity contribution >= 4 is 29.7 Å². The third kappa shape index (κ3) is 3.74. The zero-order chi connectivity index (χ0) is 16.4. The number of hydrogen-bond donors (Lipinski definition) is 1. The lowest BCUT2D eigenvalue weighted by Crippen LogP contribution is -2.47. The number of nitrogens with one attached hydrogen (secondary N) is 1. The summed E-state index contributed by atoms with van der Waals surface area (Å²) in [6.45, 7) is 1.30. The highest BCUT2D eigenvalue weighted by Crippen LogP contribution is 2.29. The standard InChI is InChI=1S/C16H17F2N3OS.ClH/c1-19-10-4-3-7-21(8-10)16(22)13-9-23-15(20-13)14-11(17)5-2-6-12(14)18;/h2,5-6,9-10,19H,3-4,7-8H2,1H3;1H. The van der Waals surface area contributed by atoms with E-state index in [1.165, 1.54) is 18.2 Å². The van der Waals surface area contributed by atoms with E-state index in [0.717, 1.165) is 24.2 Å². The molecule has 0 bridgehead atoms. The molecule has 1 aliphatic rings. The average Bonchev–Trinajstić information content (AvgIpc) is 3.03. The maximum Gasteiger partial charge on any atom is 0.273 e. The van der Waals surface area contributed by atoms with Gasteiger partial charge in [0.15, 0.2) is 0 Å². The molecular formula is C16H18ClF2N3OS. The minimum Gasteiger partial charge on any atom is -0.336 e. The summed E-state index contributed by atoms with van der Waals surface area (Å²) in [6.07, 6.45) is 1.96. The van der Waals surface area contributed by atoms with Gasteiger partial charge in [0, 0.05) is 24.5 Å². The van der Waals surface area contributed by atoms with Gasteiger partial charge in [0.1, 0.15) is 22.3 Å². The van der Waals surface area contributed by atoms with Gasteiger partial charge in [0.05, 0.1) is 5.56 Å². The quantitative estimate of drug-likeness (QED) is 0.897. The molecule has 8 heteroatoms. The Morgan fingerprint density at radius 2 is 2.08 bits per heavy atom. The third-order valence-corrected chi connectivity index (χ3v) is 4.88. The summed E-state index contributed by atoms with van der Waals surface area (Å²) < 4.78 is 27.6. The molecular weight excluding hydrogens is 356 g/mol. The summed E-state index contributed by atoms with van der Waals surface area (Å²) in [6, 6.07) is 3.95. The fraction of sp³-hybridized carbons (Fsp3) is 0.375. The van der Waals surface area contributed by atoms with Gasteiger partial charge in [-0.1, -0.05) is 6.07 Å². The molecule has 1 amide bonds. The molecule has 24 heavy (non-hydrogen) atoms. The fourth-order valence-electron chi connectivity index (χ4n) is 2.75. The molecule has 1 saturated heterocycles.